The number of halogens is 4. The molecule has 1 fully saturated rings. The second-order valence-corrected chi connectivity index (χ2v) is 7.18. The van der Waals surface area contributed by atoms with Crippen molar-refractivity contribution in [3.63, 3.8) is 0 Å². The zero-order valence-electron chi connectivity index (χ0n) is 14.0. The molecule has 1 saturated heterocycles. The van der Waals surface area contributed by atoms with Gasteiger partial charge in [0.05, 0.1) is 16.8 Å². The first kappa shape index (κ1) is 19.3. The number of hydrogen-bond donors (Lipinski definition) is 1. The SMILES string of the molecule is CC1(C)OB(C(=Cc2cc(Cl)ccc2C(F)(F)F)CN)OC1(C)C. The molecule has 1 aromatic carbocycles. The smallest absolute Gasteiger partial charge is 0.400 e. The van der Waals surface area contributed by atoms with Gasteiger partial charge in [-0.2, -0.15) is 13.2 Å². The molecule has 24 heavy (non-hydrogen) atoms. The van der Waals surface area contributed by atoms with E-state index >= 15 is 0 Å². The zero-order chi connectivity index (χ0) is 18.3. The summed E-state index contributed by atoms with van der Waals surface area (Å²) in [6.45, 7) is 7.45. The highest BCUT2D eigenvalue weighted by Crippen LogP contribution is 2.39. The Morgan fingerprint density at radius 3 is 2.21 bits per heavy atom. The summed E-state index contributed by atoms with van der Waals surface area (Å²) >= 11 is 5.85. The summed E-state index contributed by atoms with van der Waals surface area (Å²) in [4.78, 5) is 0. The maximum Gasteiger partial charge on any atom is 0.491 e. The lowest BCUT2D eigenvalue weighted by molar-refractivity contribution is -0.137. The fourth-order valence-electron chi connectivity index (χ4n) is 2.33. The third kappa shape index (κ3) is 3.80. The molecular weight excluding hydrogens is 341 g/mol. The molecule has 0 spiro atoms. The summed E-state index contributed by atoms with van der Waals surface area (Å²) in [5.41, 5.74) is 4.09. The molecule has 1 aliphatic rings. The average Bonchev–Trinajstić information content (AvgIpc) is 2.63. The van der Waals surface area contributed by atoms with Crippen LogP contribution in [0.25, 0.3) is 6.08 Å². The Morgan fingerprint density at radius 1 is 1.21 bits per heavy atom. The van der Waals surface area contributed by atoms with Crippen molar-refractivity contribution in [1.82, 2.24) is 0 Å². The molecule has 1 aliphatic heterocycles. The van der Waals surface area contributed by atoms with Gasteiger partial charge in [0.1, 0.15) is 0 Å². The van der Waals surface area contributed by atoms with Crippen LogP contribution < -0.4 is 5.73 Å². The molecule has 0 unspecified atom stereocenters. The fourth-order valence-corrected chi connectivity index (χ4v) is 2.51. The van der Waals surface area contributed by atoms with E-state index < -0.39 is 30.1 Å². The lowest BCUT2D eigenvalue weighted by Gasteiger charge is -2.32. The first-order valence-electron chi connectivity index (χ1n) is 7.50. The summed E-state index contributed by atoms with van der Waals surface area (Å²) in [6.07, 6.45) is -3.15. The van der Waals surface area contributed by atoms with Crippen LogP contribution in [0.5, 0.6) is 0 Å². The van der Waals surface area contributed by atoms with Crippen LogP contribution in [-0.2, 0) is 15.5 Å². The quantitative estimate of drug-likeness (QED) is 0.815. The van der Waals surface area contributed by atoms with E-state index in [2.05, 4.69) is 0 Å². The molecule has 0 aliphatic carbocycles. The molecule has 0 atom stereocenters. The molecule has 1 heterocycles. The minimum atomic E-state index is -4.49. The second-order valence-electron chi connectivity index (χ2n) is 6.74. The Bertz CT molecular complexity index is 643. The standard InChI is InChI=1S/C16H20BClF3NO2/c1-14(2)15(3,4)24-17(23-14)11(9-22)7-10-8-12(18)5-6-13(10)16(19,20)21/h5-8H,9,22H2,1-4H3. The van der Waals surface area contributed by atoms with Gasteiger partial charge in [-0.05, 0) is 56.9 Å². The third-order valence-electron chi connectivity index (χ3n) is 4.45. The van der Waals surface area contributed by atoms with Crippen LogP contribution in [0.2, 0.25) is 5.02 Å². The predicted octanol–water partition coefficient (Wildman–Crippen LogP) is 4.33. The van der Waals surface area contributed by atoms with Crippen LogP contribution in [0.1, 0.15) is 38.8 Å². The molecule has 2 N–H and O–H groups in total. The van der Waals surface area contributed by atoms with Crippen LogP contribution in [0.3, 0.4) is 0 Å². The van der Waals surface area contributed by atoms with Crippen LogP contribution in [-0.4, -0.2) is 24.9 Å². The molecule has 3 nitrogen and oxygen atoms in total. The molecule has 0 bridgehead atoms. The van der Waals surface area contributed by atoms with E-state index in [1.165, 1.54) is 18.2 Å². The van der Waals surface area contributed by atoms with Gasteiger partial charge in [-0.3, -0.25) is 0 Å². The zero-order valence-corrected chi connectivity index (χ0v) is 14.8. The Hall–Kier alpha value is -1.02. The molecule has 0 amide bonds. The highest BCUT2D eigenvalue weighted by molar-refractivity contribution is 6.56. The van der Waals surface area contributed by atoms with Crippen molar-refractivity contribution in [2.75, 3.05) is 6.54 Å². The molecule has 8 heteroatoms. The molecule has 1 aromatic rings. The van der Waals surface area contributed by atoms with Crippen molar-refractivity contribution in [3.05, 3.63) is 39.8 Å². The lowest BCUT2D eigenvalue weighted by atomic mass is 9.77. The second kappa shape index (κ2) is 6.37. The maximum atomic E-state index is 13.2. The van der Waals surface area contributed by atoms with Gasteiger partial charge >= 0.3 is 13.3 Å². The first-order valence-corrected chi connectivity index (χ1v) is 7.88. The minimum absolute atomic E-state index is 0.000632. The van der Waals surface area contributed by atoms with E-state index in [0.717, 1.165) is 6.07 Å². The average molecular weight is 362 g/mol. The number of hydrogen-bond acceptors (Lipinski definition) is 3. The summed E-state index contributed by atoms with van der Waals surface area (Å²) in [7, 11) is -0.805. The van der Waals surface area contributed by atoms with Crippen molar-refractivity contribution in [2.45, 2.75) is 45.1 Å². The van der Waals surface area contributed by atoms with Crippen molar-refractivity contribution < 1.29 is 22.5 Å². The van der Waals surface area contributed by atoms with Crippen LogP contribution in [0.15, 0.2) is 23.7 Å². The van der Waals surface area contributed by atoms with E-state index in [1.54, 1.807) is 0 Å². The predicted molar refractivity (Wildman–Crippen MR) is 89.6 cm³/mol. The van der Waals surface area contributed by atoms with Gasteiger partial charge in [-0.1, -0.05) is 17.7 Å². The summed E-state index contributed by atoms with van der Waals surface area (Å²) in [6, 6.07) is 3.41. The van der Waals surface area contributed by atoms with Gasteiger partial charge in [-0.15, -0.1) is 0 Å². The maximum absolute atomic E-state index is 13.2. The Labute approximate surface area is 145 Å². The molecular formula is C16H20BClF3NO2. The molecule has 132 valence electrons. The van der Waals surface area contributed by atoms with Gasteiger partial charge in [0.25, 0.3) is 0 Å². The molecule has 0 aromatic heterocycles. The van der Waals surface area contributed by atoms with E-state index in [0.29, 0.717) is 5.47 Å². The topological polar surface area (TPSA) is 44.5 Å². The number of nitrogens with two attached hydrogens (primary N) is 1. The van der Waals surface area contributed by atoms with E-state index in [4.69, 9.17) is 26.6 Å². The first-order chi connectivity index (χ1) is 10.9. The van der Waals surface area contributed by atoms with Gasteiger partial charge in [0, 0.05) is 11.6 Å². The van der Waals surface area contributed by atoms with Crippen LogP contribution >= 0.6 is 11.6 Å². The minimum Gasteiger partial charge on any atom is -0.400 e. The number of rotatable bonds is 3. The van der Waals surface area contributed by atoms with Crippen LogP contribution in [0, 0.1) is 0 Å². The van der Waals surface area contributed by atoms with E-state index in [-0.39, 0.29) is 17.1 Å². The normalized spacial score (nSPS) is 20.5. The van der Waals surface area contributed by atoms with E-state index in [1.807, 2.05) is 27.7 Å². The summed E-state index contributed by atoms with van der Waals surface area (Å²) in [5.74, 6) is 0. The van der Waals surface area contributed by atoms with Crippen LogP contribution in [0.4, 0.5) is 13.2 Å². The lowest BCUT2D eigenvalue weighted by Crippen LogP contribution is -2.41. The number of benzene rings is 1. The molecule has 2 rings (SSSR count). The van der Waals surface area contributed by atoms with E-state index in [9.17, 15) is 13.2 Å². The highest BCUT2D eigenvalue weighted by Gasteiger charge is 2.52. The Balaban J connectivity index is 2.44. The van der Waals surface area contributed by atoms with Gasteiger partial charge in [0.2, 0.25) is 0 Å². The van der Waals surface area contributed by atoms with Crippen molar-refractivity contribution in [2.24, 2.45) is 5.73 Å². The van der Waals surface area contributed by atoms with Gasteiger partial charge in [0.15, 0.2) is 0 Å². The largest absolute Gasteiger partial charge is 0.491 e. The number of alkyl halides is 3. The monoisotopic (exact) mass is 361 g/mol. The molecule has 0 saturated carbocycles. The third-order valence-corrected chi connectivity index (χ3v) is 4.69. The van der Waals surface area contributed by atoms with Gasteiger partial charge in [-0.25, -0.2) is 0 Å². The Kier molecular flexibility index (Phi) is 5.13. The fraction of sp³-hybridized carbons (Fsp3) is 0.500. The van der Waals surface area contributed by atoms with Crippen molar-refractivity contribution >= 4 is 24.8 Å². The molecule has 0 radical (unpaired) electrons. The summed E-state index contributed by atoms with van der Waals surface area (Å²) < 4.78 is 51.3. The van der Waals surface area contributed by atoms with Crippen molar-refractivity contribution in [1.29, 1.82) is 0 Å². The van der Waals surface area contributed by atoms with Crippen molar-refractivity contribution in [3.8, 4) is 0 Å². The van der Waals surface area contributed by atoms with Gasteiger partial charge < -0.3 is 15.0 Å². The highest BCUT2D eigenvalue weighted by atomic mass is 35.5. The summed E-state index contributed by atoms with van der Waals surface area (Å²) in [5, 5.41) is 0.208. The Morgan fingerprint density at radius 2 is 1.75 bits per heavy atom.